The van der Waals surface area contributed by atoms with E-state index >= 15 is 0 Å². The molecule has 3 heteroatoms. The lowest BCUT2D eigenvalue weighted by atomic mass is 9.93. The van der Waals surface area contributed by atoms with Crippen LogP contribution in [-0.2, 0) is 4.74 Å². The van der Waals surface area contributed by atoms with Gasteiger partial charge in [0.05, 0.1) is 6.10 Å². The molecule has 0 aromatic heterocycles. The third kappa shape index (κ3) is 5.01. The van der Waals surface area contributed by atoms with Crippen LogP contribution in [0.25, 0.3) is 0 Å². The molecule has 2 rings (SSSR count). The first-order valence-electron chi connectivity index (χ1n) is 8.84. The first-order valence-corrected chi connectivity index (χ1v) is 8.84. The van der Waals surface area contributed by atoms with Crippen LogP contribution in [0, 0.1) is 5.92 Å². The van der Waals surface area contributed by atoms with E-state index in [0.717, 1.165) is 31.5 Å². The number of hydrogen-bond donors (Lipinski definition) is 1. The number of ether oxygens (including phenoxy) is 1. The van der Waals surface area contributed by atoms with Crippen LogP contribution in [0.2, 0.25) is 0 Å². The van der Waals surface area contributed by atoms with Gasteiger partial charge < -0.3 is 15.0 Å². The largest absolute Gasteiger partial charge is 0.377 e. The number of nitrogens with one attached hydrogen (secondary N) is 1. The number of rotatable bonds is 6. The summed E-state index contributed by atoms with van der Waals surface area (Å²) in [6.07, 6.45) is 11.2. The van der Waals surface area contributed by atoms with Crippen molar-refractivity contribution >= 4 is 0 Å². The number of piperidine rings is 1. The van der Waals surface area contributed by atoms with Gasteiger partial charge in [-0.25, -0.2) is 0 Å². The summed E-state index contributed by atoms with van der Waals surface area (Å²) in [6, 6.07) is 0.731. The molecule has 0 amide bonds. The van der Waals surface area contributed by atoms with Gasteiger partial charge >= 0.3 is 0 Å². The van der Waals surface area contributed by atoms with Crippen LogP contribution in [-0.4, -0.2) is 50.3 Å². The van der Waals surface area contributed by atoms with Gasteiger partial charge in [0.2, 0.25) is 0 Å². The van der Waals surface area contributed by atoms with E-state index in [-0.39, 0.29) is 0 Å². The molecule has 2 fully saturated rings. The Morgan fingerprint density at radius 3 is 2.75 bits per heavy atom. The Labute approximate surface area is 125 Å². The van der Waals surface area contributed by atoms with Crippen LogP contribution in [0.3, 0.4) is 0 Å². The summed E-state index contributed by atoms with van der Waals surface area (Å²) in [6.45, 7) is 6.84. The van der Waals surface area contributed by atoms with E-state index < -0.39 is 0 Å². The minimum absolute atomic E-state index is 0.488. The highest BCUT2D eigenvalue weighted by Crippen LogP contribution is 2.25. The average Bonchev–Trinajstić information content (AvgIpc) is 2.70. The van der Waals surface area contributed by atoms with Crippen LogP contribution in [0.1, 0.15) is 58.3 Å². The molecule has 3 nitrogen and oxygen atoms in total. The standard InChI is InChI=1S/C17H34N2O/c1-3-12-20-16-9-7-11-19(14-16)13-15-8-5-4-6-10-17(15)18-2/h15-18H,3-14H2,1-2H3. The molecule has 118 valence electrons. The fourth-order valence-corrected chi connectivity index (χ4v) is 3.91. The summed E-state index contributed by atoms with van der Waals surface area (Å²) in [7, 11) is 2.15. The Kier molecular flexibility index (Phi) is 7.32. The summed E-state index contributed by atoms with van der Waals surface area (Å²) in [5.74, 6) is 0.840. The summed E-state index contributed by atoms with van der Waals surface area (Å²) >= 11 is 0. The Balaban J connectivity index is 1.80. The summed E-state index contributed by atoms with van der Waals surface area (Å²) in [5.41, 5.74) is 0. The van der Waals surface area contributed by atoms with Gasteiger partial charge in [-0.3, -0.25) is 0 Å². The second-order valence-electron chi connectivity index (χ2n) is 6.69. The van der Waals surface area contributed by atoms with Crippen LogP contribution >= 0.6 is 0 Å². The SMILES string of the molecule is CCCOC1CCCN(CC2CCCCCC2NC)C1. The molecule has 0 bridgehead atoms. The van der Waals surface area contributed by atoms with Gasteiger partial charge in [0.25, 0.3) is 0 Å². The molecular weight excluding hydrogens is 248 g/mol. The molecule has 1 saturated heterocycles. The van der Waals surface area contributed by atoms with Crippen molar-refractivity contribution in [3.05, 3.63) is 0 Å². The lowest BCUT2D eigenvalue weighted by Gasteiger charge is -2.36. The predicted molar refractivity (Wildman–Crippen MR) is 85.1 cm³/mol. The Morgan fingerprint density at radius 1 is 1.10 bits per heavy atom. The minimum atomic E-state index is 0.488. The van der Waals surface area contributed by atoms with E-state index in [1.807, 2.05) is 0 Å². The number of nitrogens with zero attached hydrogens (tertiary/aromatic N) is 1. The highest BCUT2D eigenvalue weighted by molar-refractivity contribution is 4.83. The first-order chi connectivity index (χ1) is 9.83. The molecule has 2 aliphatic rings. The maximum Gasteiger partial charge on any atom is 0.0702 e. The fourth-order valence-electron chi connectivity index (χ4n) is 3.91. The lowest BCUT2D eigenvalue weighted by molar-refractivity contribution is -0.00554. The highest BCUT2D eigenvalue weighted by atomic mass is 16.5. The smallest absolute Gasteiger partial charge is 0.0702 e. The van der Waals surface area contributed by atoms with E-state index in [0.29, 0.717) is 6.10 Å². The van der Waals surface area contributed by atoms with E-state index in [2.05, 4.69) is 24.2 Å². The highest BCUT2D eigenvalue weighted by Gasteiger charge is 2.27. The minimum Gasteiger partial charge on any atom is -0.377 e. The predicted octanol–water partition coefficient (Wildman–Crippen LogP) is 3.05. The van der Waals surface area contributed by atoms with Crippen molar-refractivity contribution in [1.29, 1.82) is 0 Å². The van der Waals surface area contributed by atoms with Crippen molar-refractivity contribution in [2.24, 2.45) is 5.92 Å². The topological polar surface area (TPSA) is 24.5 Å². The Hall–Kier alpha value is -0.120. The van der Waals surface area contributed by atoms with Crippen molar-refractivity contribution < 1.29 is 4.74 Å². The molecule has 1 saturated carbocycles. The zero-order chi connectivity index (χ0) is 14.2. The van der Waals surface area contributed by atoms with E-state index in [9.17, 15) is 0 Å². The lowest BCUT2D eigenvalue weighted by Crippen LogP contribution is -2.46. The normalized spacial score (nSPS) is 33.0. The zero-order valence-corrected chi connectivity index (χ0v) is 13.6. The third-order valence-corrected chi connectivity index (χ3v) is 5.04. The molecule has 3 unspecified atom stereocenters. The summed E-state index contributed by atoms with van der Waals surface area (Å²) in [5, 5.41) is 3.57. The van der Waals surface area contributed by atoms with Crippen LogP contribution in [0.4, 0.5) is 0 Å². The van der Waals surface area contributed by atoms with Gasteiger partial charge in [0.1, 0.15) is 0 Å². The molecule has 20 heavy (non-hydrogen) atoms. The summed E-state index contributed by atoms with van der Waals surface area (Å²) in [4.78, 5) is 2.67. The van der Waals surface area contributed by atoms with E-state index in [1.54, 1.807) is 0 Å². The van der Waals surface area contributed by atoms with Crippen molar-refractivity contribution in [1.82, 2.24) is 10.2 Å². The molecule has 0 spiro atoms. The maximum atomic E-state index is 5.97. The van der Waals surface area contributed by atoms with Crippen molar-refractivity contribution in [2.45, 2.75) is 70.4 Å². The van der Waals surface area contributed by atoms with Crippen molar-refractivity contribution in [3.8, 4) is 0 Å². The van der Waals surface area contributed by atoms with Gasteiger partial charge in [0, 0.05) is 25.7 Å². The number of hydrogen-bond acceptors (Lipinski definition) is 3. The van der Waals surface area contributed by atoms with Gasteiger partial charge in [-0.2, -0.15) is 0 Å². The van der Waals surface area contributed by atoms with Crippen molar-refractivity contribution in [2.75, 3.05) is 33.3 Å². The van der Waals surface area contributed by atoms with Crippen LogP contribution < -0.4 is 5.32 Å². The maximum absolute atomic E-state index is 5.97. The van der Waals surface area contributed by atoms with Crippen LogP contribution in [0.5, 0.6) is 0 Å². The Morgan fingerprint density at radius 2 is 1.95 bits per heavy atom. The summed E-state index contributed by atoms with van der Waals surface area (Å²) < 4.78 is 5.97. The van der Waals surface area contributed by atoms with Gasteiger partial charge in [0.15, 0.2) is 0 Å². The molecule has 0 radical (unpaired) electrons. The molecule has 0 aromatic rings. The fraction of sp³-hybridized carbons (Fsp3) is 1.00. The molecule has 1 heterocycles. The van der Waals surface area contributed by atoms with E-state index in [1.165, 1.54) is 58.0 Å². The third-order valence-electron chi connectivity index (χ3n) is 5.04. The molecule has 0 aromatic carbocycles. The first kappa shape index (κ1) is 16.3. The molecule has 3 atom stereocenters. The average molecular weight is 282 g/mol. The monoisotopic (exact) mass is 282 g/mol. The Bertz CT molecular complexity index is 259. The second-order valence-corrected chi connectivity index (χ2v) is 6.69. The number of likely N-dealkylation sites (tertiary alicyclic amines) is 1. The quantitative estimate of drug-likeness (QED) is 0.758. The van der Waals surface area contributed by atoms with Crippen LogP contribution in [0.15, 0.2) is 0 Å². The molecular formula is C17H34N2O. The van der Waals surface area contributed by atoms with E-state index in [4.69, 9.17) is 4.74 Å². The second kappa shape index (κ2) is 9.01. The van der Waals surface area contributed by atoms with Gasteiger partial charge in [-0.15, -0.1) is 0 Å². The zero-order valence-electron chi connectivity index (χ0n) is 13.6. The van der Waals surface area contributed by atoms with Gasteiger partial charge in [-0.05, 0) is 51.6 Å². The van der Waals surface area contributed by atoms with Gasteiger partial charge in [-0.1, -0.05) is 26.2 Å². The molecule has 1 aliphatic carbocycles. The molecule has 1 aliphatic heterocycles. The van der Waals surface area contributed by atoms with Crippen molar-refractivity contribution in [3.63, 3.8) is 0 Å². The molecule has 1 N–H and O–H groups in total.